The molecule has 1 aromatic carbocycles. The Morgan fingerprint density at radius 2 is 1.91 bits per heavy atom. The molecule has 1 aromatic rings. The topological polar surface area (TPSA) is 45.7 Å². The fourth-order valence-electron chi connectivity index (χ4n) is 3.19. The fourth-order valence-corrected chi connectivity index (χ4v) is 3.19. The molecule has 4 heteroatoms. The van der Waals surface area contributed by atoms with Crippen LogP contribution in [0.4, 0.5) is 0 Å². The molecular formula is C19H31N3O. The lowest BCUT2D eigenvalue weighted by molar-refractivity contribution is 0.192. The Kier molecular flexibility index (Phi) is 7.40. The van der Waals surface area contributed by atoms with E-state index in [0.717, 1.165) is 38.5 Å². The summed E-state index contributed by atoms with van der Waals surface area (Å²) >= 11 is 0. The summed E-state index contributed by atoms with van der Waals surface area (Å²) in [6.45, 7) is 2.77. The number of methoxy groups -OCH3 is 1. The van der Waals surface area contributed by atoms with Crippen molar-refractivity contribution in [2.45, 2.75) is 43.9 Å². The maximum Gasteiger partial charge on any atom is 0.191 e. The highest BCUT2D eigenvalue weighted by Gasteiger charge is 2.38. The molecule has 23 heavy (non-hydrogen) atoms. The zero-order valence-corrected chi connectivity index (χ0v) is 14.6. The molecule has 0 aromatic heterocycles. The van der Waals surface area contributed by atoms with E-state index in [-0.39, 0.29) is 5.41 Å². The highest BCUT2D eigenvalue weighted by atomic mass is 16.5. The van der Waals surface area contributed by atoms with Gasteiger partial charge in [-0.3, -0.25) is 4.99 Å². The monoisotopic (exact) mass is 317 g/mol. The van der Waals surface area contributed by atoms with E-state index >= 15 is 0 Å². The average molecular weight is 317 g/mol. The van der Waals surface area contributed by atoms with Crippen LogP contribution in [0.15, 0.2) is 35.3 Å². The summed E-state index contributed by atoms with van der Waals surface area (Å²) in [5.74, 6) is 0.916. The predicted octanol–water partition coefficient (Wildman–Crippen LogP) is 3.09. The van der Waals surface area contributed by atoms with Crippen molar-refractivity contribution in [3.8, 4) is 0 Å². The first-order chi connectivity index (χ1) is 11.3. The Morgan fingerprint density at radius 1 is 1.13 bits per heavy atom. The van der Waals surface area contributed by atoms with Crippen LogP contribution < -0.4 is 10.6 Å². The summed E-state index contributed by atoms with van der Waals surface area (Å²) in [4.78, 5) is 4.35. The minimum absolute atomic E-state index is 0.289. The second-order valence-corrected chi connectivity index (χ2v) is 6.41. The maximum absolute atomic E-state index is 5.07. The Balaban J connectivity index is 1.74. The quantitative estimate of drug-likeness (QED) is 0.418. The minimum Gasteiger partial charge on any atom is -0.385 e. The SMILES string of the molecule is CN=C(NCCCCCOC)NCC1(c2ccccc2)CCC1. The van der Waals surface area contributed by atoms with Crippen LogP contribution in [0.1, 0.15) is 44.1 Å². The molecule has 0 amide bonds. The Morgan fingerprint density at radius 3 is 2.52 bits per heavy atom. The number of hydrogen-bond donors (Lipinski definition) is 2. The largest absolute Gasteiger partial charge is 0.385 e. The van der Waals surface area contributed by atoms with Gasteiger partial charge in [0.1, 0.15) is 0 Å². The number of nitrogens with one attached hydrogen (secondary N) is 2. The molecule has 0 saturated heterocycles. The first-order valence-corrected chi connectivity index (χ1v) is 8.80. The van der Waals surface area contributed by atoms with E-state index in [1.807, 2.05) is 7.05 Å². The number of guanidine groups is 1. The molecule has 0 aliphatic heterocycles. The van der Waals surface area contributed by atoms with E-state index < -0.39 is 0 Å². The van der Waals surface area contributed by atoms with Crippen molar-refractivity contribution in [3.63, 3.8) is 0 Å². The van der Waals surface area contributed by atoms with Crippen LogP contribution in [0.5, 0.6) is 0 Å². The third kappa shape index (κ3) is 5.24. The number of ether oxygens (including phenoxy) is 1. The summed E-state index contributed by atoms with van der Waals surface area (Å²) < 4.78 is 5.07. The maximum atomic E-state index is 5.07. The lowest BCUT2D eigenvalue weighted by atomic mass is 9.64. The first kappa shape index (κ1) is 17.8. The van der Waals surface area contributed by atoms with Crippen LogP contribution >= 0.6 is 0 Å². The number of nitrogens with zero attached hydrogens (tertiary/aromatic N) is 1. The number of unbranched alkanes of at least 4 members (excludes halogenated alkanes) is 2. The summed E-state index contributed by atoms with van der Waals surface area (Å²) in [6.07, 6.45) is 7.30. The smallest absolute Gasteiger partial charge is 0.191 e. The van der Waals surface area contributed by atoms with E-state index in [2.05, 4.69) is 46.0 Å². The Hall–Kier alpha value is -1.55. The fraction of sp³-hybridized carbons (Fsp3) is 0.632. The molecule has 0 heterocycles. The van der Waals surface area contributed by atoms with E-state index in [4.69, 9.17) is 4.74 Å². The van der Waals surface area contributed by atoms with Crippen molar-refractivity contribution >= 4 is 5.96 Å². The molecular weight excluding hydrogens is 286 g/mol. The van der Waals surface area contributed by atoms with Crippen LogP contribution in [-0.2, 0) is 10.2 Å². The highest BCUT2D eigenvalue weighted by molar-refractivity contribution is 5.79. The van der Waals surface area contributed by atoms with Crippen molar-refractivity contribution in [2.75, 3.05) is 33.9 Å². The second-order valence-electron chi connectivity index (χ2n) is 6.41. The standard InChI is InChI=1S/C19H31N3O/c1-20-18(21-14-7-4-8-15-23-2)22-16-19(12-9-13-19)17-10-5-3-6-11-17/h3,5-6,10-11H,4,7-9,12-16H2,1-2H3,(H2,20,21,22). The first-order valence-electron chi connectivity index (χ1n) is 8.80. The van der Waals surface area contributed by atoms with Crippen molar-refractivity contribution < 1.29 is 4.74 Å². The van der Waals surface area contributed by atoms with Crippen molar-refractivity contribution in [1.82, 2.24) is 10.6 Å². The highest BCUT2D eigenvalue weighted by Crippen LogP contribution is 2.43. The van der Waals surface area contributed by atoms with E-state index in [1.54, 1.807) is 7.11 Å². The minimum atomic E-state index is 0.289. The Labute approximate surface area is 140 Å². The van der Waals surface area contributed by atoms with Crippen LogP contribution in [0.2, 0.25) is 0 Å². The van der Waals surface area contributed by atoms with Gasteiger partial charge in [-0.2, -0.15) is 0 Å². The van der Waals surface area contributed by atoms with Gasteiger partial charge in [0.15, 0.2) is 5.96 Å². The van der Waals surface area contributed by atoms with Gasteiger partial charge in [0.05, 0.1) is 0 Å². The van der Waals surface area contributed by atoms with Gasteiger partial charge in [-0.05, 0) is 37.7 Å². The summed E-state index contributed by atoms with van der Waals surface area (Å²) in [6, 6.07) is 10.9. The van der Waals surface area contributed by atoms with Crippen LogP contribution in [-0.4, -0.2) is 39.8 Å². The lowest BCUT2D eigenvalue weighted by Crippen LogP contribution is -2.49. The molecule has 1 aliphatic carbocycles. The summed E-state index contributed by atoms with van der Waals surface area (Å²) in [7, 11) is 3.60. The molecule has 2 N–H and O–H groups in total. The molecule has 1 fully saturated rings. The lowest BCUT2D eigenvalue weighted by Gasteiger charge is -2.43. The molecule has 0 unspecified atom stereocenters. The number of aliphatic imine (C=N–C) groups is 1. The molecule has 0 spiro atoms. The number of hydrogen-bond acceptors (Lipinski definition) is 2. The van der Waals surface area contributed by atoms with Gasteiger partial charge in [-0.25, -0.2) is 0 Å². The molecule has 128 valence electrons. The Bertz CT molecular complexity index is 469. The third-order valence-corrected chi connectivity index (χ3v) is 4.83. The van der Waals surface area contributed by atoms with Gasteiger partial charge in [0.2, 0.25) is 0 Å². The molecule has 0 radical (unpaired) electrons. The predicted molar refractivity (Wildman–Crippen MR) is 97.1 cm³/mol. The zero-order valence-electron chi connectivity index (χ0n) is 14.6. The molecule has 0 bridgehead atoms. The van der Waals surface area contributed by atoms with Crippen LogP contribution in [0.3, 0.4) is 0 Å². The van der Waals surface area contributed by atoms with Gasteiger partial charge >= 0.3 is 0 Å². The van der Waals surface area contributed by atoms with Crippen molar-refractivity contribution in [2.24, 2.45) is 4.99 Å². The van der Waals surface area contributed by atoms with Gasteiger partial charge in [0.25, 0.3) is 0 Å². The molecule has 2 rings (SSSR count). The average Bonchev–Trinajstić information content (AvgIpc) is 2.56. The van der Waals surface area contributed by atoms with Crippen molar-refractivity contribution in [3.05, 3.63) is 35.9 Å². The molecule has 1 saturated carbocycles. The van der Waals surface area contributed by atoms with Gasteiger partial charge < -0.3 is 15.4 Å². The van der Waals surface area contributed by atoms with E-state index in [9.17, 15) is 0 Å². The van der Waals surface area contributed by atoms with Crippen LogP contribution in [0, 0.1) is 0 Å². The zero-order chi connectivity index (χ0) is 16.4. The normalized spacial score (nSPS) is 16.7. The van der Waals surface area contributed by atoms with E-state index in [0.29, 0.717) is 0 Å². The van der Waals surface area contributed by atoms with Gasteiger partial charge in [-0.1, -0.05) is 36.8 Å². The molecule has 1 aliphatic rings. The van der Waals surface area contributed by atoms with Crippen LogP contribution in [0.25, 0.3) is 0 Å². The number of benzene rings is 1. The van der Waals surface area contributed by atoms with Crippen molar-refractivity contribution in [1.29, 1.82) is 0 Å². The summed E-state index contributed by atoms with van der Waals surface area (Å²) in [5, 5.41) is 6.94. The number of rotatable bonds is 9. The molecule has 4 nitrogen and oxygen atoms in total. The second kappa shape index (κ2) is 9.56. The third-order valence-electron chi connectivity index (χ3n) is 4.83. The van der Waals surface area contributed by atoms with Gasteiger partial charge in [0, 0.05) is 39.3 Å². The summed E-state index contributed by atoms with van der Waals surface area (Å²) in [5.41, 5.74) is 1.74. The van der Waals surface area contributed by atoms with Gasteiger partial charge in [-0.15, -0.1) is 0 Å². The van der Waals surface area contributed by atoms with E-state index in [1.165, 1.54) is 31.2 Å². The molecule has 0 atom stereocenters.